The summed E-state index contributed by atoms with van der Waals surface area (Å²) >= 11 is 0. The van der Waals surface area contributed by atoms with E-state index in [0.717, 1.165) is 22.5 Å². The van der Waals surface area contributed by atoms with Crippen LogP contribution >= 0.6 is 0 Å². The first-order valence-corrected chi connectivity index (χ1v) is 5.49. The zero-order chi connectivity index (χ0) is 12.4. The van der Waals surface area contributed by atoms with Gasteiger partial charge in [-0.25, -0.2) is 4.98 Å². The highest BCUT2D eigenvalue weighted by molar-refractivity contribution is 5.96. The van der Waals surface area contributed by atoms with Gasteiger partial charge < -0.3 is 15.2 Å². The number of carbonyl (C=O) groups is 1. The molecule has 90 valence electrons. The Hall–Kier alpha value is -1.88. The first-order valence-electron chi connectivity index (χ1n) is 5.49. The predicted octanol–water partition coefficient (Wildman–Crippen LogP) is 1.05. The number of amides is 1. The van der Waals surface area contributed by atoms with Crippen LogP contribution in [0, 0.1) is 6.92 Å². The number of benzene rings is 1. The minimum atomic E-state index is 0.0306. The average molecular weight is 232 g/mol. The molecule has 0 saturated carbocycles. The van der Waals surface area contributed by atoms with Crippen LogP contribution in [-0.4, -0.2) is 36.5 Å². The minimum absolute atomic E-state index is 0.0306. The number of nitrogens with zero attached hydrogens (tertiary/aromatic N) is 2. The molecule has 0 atom stereocenters. The van der Waals surface area contributed by atoms with Crippen LogP contribution in [0.3, 0.4) is 0 Å². The largest absolute Gasteiger partial charge is 0.342 e. The van der Waals surface area contributed by atoms with Crippen LogP contribution in [0.15, 0.2) is 18.2 Å². The molecule has 0 aliphatic carbocycles. The van der Waals surface area contributed by atoms with Crippen LogP contribution in [0.25, 0.3) is 11.0 Å². The van der Waals surface area contributed by atoms with Crippen LogP contribution in [0.2, 0.25) is 0 Å². The molecule has 0 aliphatic rings. The number of fused-ring (bicyclic) bond motifs is 1. The van der Waals surface area contributed by atoms with Crippen LogP contribution in [0.5, 0.6) is 0 Å². The molecular formula is C12H16N4O. The van der Waals surface area contributed by atoms with Crippen molar-refractivity contribution in [1.29, 1.82) is 0 Å². The minimum Gasteiger partial charge on any atom is -0.342 e. The number of aromatic nitrogens is 2. The van der Waals surface area contributed by atoms with E-state index in [0.29, 0.717) is 6.54 Å². The van der Waals surface area contributed by atoms with E-state index in [1.165, 1.54) is 0 Å². The second-order valence-corrected chi connectivity index (χ2v) is 4.01. The Bertz CT molecular complexity index is 546. The van der Waals surface area contributed by atoms with Gasteiger partial charge in [0, 0.05) is 12.7 Å². The molecular weight excluding hydrogens is 216 g/mol. The molecule has 2 aromatic rings. The average Bonchev–Trinajstić information content (AvgIpc) is 2.67. The summed E-state index contributed by atoms with van der Waals surface area (Å²) in [6.07, 6.45) is 0. The molecule has 0 aliphatic heterocycles. The van der Waals surface area contributed by atoms with Crippen LogP contribution in [0.1, 0.15) is 5.82 Å². The van der Waals surface area contributed by atoms with Gasteiger partial charge in [0.25, 0.3) is 0 Å². The number of hydrogen-bond donors (Lipinski definition) is 2. The van der Waals surface area contributed by atoms with E-state index in [4.69, 9.17) is 0 Å². The quantitative estimate of drug-likeness (QED) is 0.831. The summed E-state index contributed by atoms with van der Waals surface area (Å²) in [6, 6.07) is 5.75. The molecule has 17 heavy (non-hydrogen) atoms. The maximum Gasteiger partial charge on any atom is 0.240 e. The summed E-state index contributed by atoms with van der Waals surface area (Å²) in [4.78, 5) is 20.8. The van der Waals surface area contributed by atoms with Crippen molar-refractivity contribution in [1.82, 2.24) is 15.3 Å². The number of anilines is 1. The Kier molecular flexibility index (Phi) is 3.10. The molecule has 2 N–H and O–H groups in total. The highest BCUT2D eigenvalue weighted by atomic mass is 16.2. The Balaban J connectivity index is 2.32. The van der Waals surface area contributed by atoms with Gasteiger partial charge in [-0.3, -0.25) is 4.79 Å². The first-order chi connectivity index (χ1) is 8.11. The molecule has 1 heterocycles. The summed E-state index contributed by atoms with van der Waals surface area (Å²) in [5.41, 5.74) is 2.73. The van der Waals surface area contributed by atoms with Crippen LogP contribution < -0.4 is 10.2 Å². The van der Waals surface area contributed by atoms with Crippen molar-refractivity contribution < 1.29 is 4.79 Å². The first kappa shape index (κ1) is 11.6. The van der Waals surface area contributed by atoms with E-state index in [1.54, 1.807) is 19.0 Å². The molecule has 2 rings (SSSR count). The molecule has 5 heteroatoms. The van der Waals surface area contributed by atoms with Crippen LogP contribution in [0.4, 0.5) is 5.69 Å². The van der Waals surface area contributed by atoms with Gasteiger partial charge in [0.05, 0.1) is 17.6 Å². The second-order valence-electron chi connectivity index (χ2n) is 4.01. The highest BCUT2D eigenvalue weighted by Gasteiger charge is 2.10. The topological polar surface area (TPSA) is 61.0 Å². The predicted molar refractivity (Wildman–Crippen MR) is 68.2 cm³/mol. The molecule has 0 unspecified atom stereocenters. The van der Waals surface area contributed by atoms with Crippen molar-refractivity contribution in [2.45, 2.75) is 6.92 Å². The van der Waals surface area contributed by atoms with E-state index in [9.17, 15) is 4.79 Å². The molecule has 1 amide bonds. The monoisotopic (exact) mass is 232 g/mol. The smallest absolute Gasteiger partial charge is 0.240 e. The number of imidazole rings is 1. The lowest BCUT2D eigenvalue weighted by atomic mass is 10.2. The van der Waals surface area contributed by atoms with Crippen molar-refractivity contribution in [3.8, 4) is 0 Å². The maximum atomic E-state index is 11.7. The normalized spacial score (nSPS) is 10.8. The number of rotatable bonds is 3. The van der Waals surface area contributed by atoms with Crippen molar-refractivity contribution in [2.75, 3.05) is 25.5 Å². The molecule has 0 saturated heterocycles. The maximum absolute atomic E-state index is 11.7. The Morgan fingerprint density at radius 3 is 3.00 bits per heavy atom. The third-order valence-corrected chi connectivity index (χ3v) is 2.67. The zero-order valence-electron chi connectivity index (χ0n) is 10.2. The summed E-state index contributed by atoms with van der Waals surface area (Å²) in [6.45, 7) is 2.24. The van der Waals surface area contributed by atoms with Crippen molar-refractivity contribution >= 4 is 22.6 Å². The number of likely N-dealkylation sites (N-methyl/N-ethyl adjacent to an activating group) is 2. The van der Waals surface area contributed by atoms with Crippen molar-refractivity contribution in [3.05, 3.63) is 24.0 Å². The van der Waals surface area contributed by atoms with Gasteiger partial charge in [-0.05, 0) is 32.2 Å². The van der Waals surface area contributed by atoms with Gasteiger partial charge in [0.2, 0.25) is 5.91 Å². The highest BCUT2D eigenvalue weighted by Crippen LogP contribution is 2.19. The van der Waals surface area contributed by atoms with Gasteiger partial charge in [-0.15, -0.1) is 0 Å². The van der Waals surface area contributed by atoms with Gasteiger partial charge in [0.15, 0.2) is 0 Å². The number of nitrogens with one attached hydrogen (secondary N) is 2. The van der Waals surface area contributed by atoms with E-state index >= 15 is 0 Å². The van der Waals surface area contributed by atoms with Crippen LogP contribution in [-0.2, 0) is 4.79 Å². The van der Waals surface area contributed by atoms with Crippen molar-refractivity contribution in [3.63, 3.8) is 0 Å². The number of aryl methyl sites for hydroxylation is 1. The molecule has 0 spiro atoms. The van der Waals surface area contributed by atoms with Gasteiger partial charge in [0.1, 0.15) is 5.82 Å². The second kappa shape index (κ2) is 4.55. The number of aromatic amines is 1. The lowest BCUT2D eigenvalue weighted by Gasteiger charge is -2.16. The van der Waals surface area contributed by atoms with Crippen molar-refractivity contribution in [2.24, 2.45) is 0 Å². The number of H-pyrrole nitrogens is 1. The molecule has 5 nitrogen and oxygen atoms in total. The Labute approximate surface area is 99.8 Å². The molecule has 1 aromatic heterocycles. The molecule has 0 bridgehead atoms. The third-order valence-electron chi connectivity index (χ3n) is 2.67. The molecule has 0 radical (unpaired) electrons. The summed E-state index contributed by atoms with van der Waals surface area (Å²) in [7, 11) is 3.53. The summed E-state index contributed by atoms with van der Waals surface area (Å²) < 4.78 is 0. The Morgan fingerprint density at radius 1 is 1.53 bits per heavy atom. The van der Waals surface area contributed by atoms with Gasteiger partial charge in [-0.1, -0.05) is 0 Å². The van der Waals surface area contributed by atoms with Gasteiger partial charge in [-0.2, -0.15) is 0 Å². The SMILES string of the molecule is CNCC(=O)N(C)c1ccc2nc(C)[nH]c2c1. The molecule has 0 fully saturated rings. The summed E-state index contributed by atoms with van der Waals surface area (Å²) in [5, 5.41) is 2.85. The summed E-state index contributed by atoms with van der Waals surface area (Å²) in [5.74, 6) is 0.907. The lowest BCUT2D eigenvalue weighted by molar-refractivity contribution is -0.117. The van der Waals surface area contributed by atoms with Gasteiger partial charge >= 0.3 is 0 Å². The number of carbonyl (C=O) groups excluding carboxylic acids is 1. The van der Waals surface area contributed by atoms with E-state index in [-0.39, 0.29) is 5.91 Å². The third kappa shape index (κ3) is 2.29. The molecule has 1 aromatic carbocycles. The fourth-order valence-corrected chi connectivity index (χ4v) is 1.75. The van der Waals surface area contributed by atoms with E-state index in [1.807, 2.05) is 25.1 Å². The number of hydrogen-bond acceptors (Lipinski definition) is 3. The fourth-order valence-electron chi connectivity index (χ4n) is 1.75. The Morgan fingerprint density at radius 2 is 2.29 bits per heavy atom. The lowest BCUT2D eigenvalue weighted by Crippen LogP contribution is -2.34. The fraction of sp³-hybridized carbons (Fsp3) is 0.333. The zero-order valence-corrected chi connectivity index (χ0v) is 10.2. The van der Waals surface area contributed by atoms with E-state index < -0.39 is 0 Å². The van der Waals surface area contributed by atoms with E-state index in [2.05, 4.69) is 15.3 Å². The standard InChI is InChI=1S/C12H16N4O/c1-8-14-10-5-4-9(6-11(10)15-8)16(3)12(17)7-13-2/h4-6,13H,7H2,1-3H3,(H,14,15).